The van der Waals surface area contributed by atoms with Crippen molar-refractivity contribution >= 4 is 5.91 Å². The van der Waals surface area contributed by atoms with Gasteiger partial charge in [-0.2, -0.15) is 0 Å². The summed E-state index contributed by atoms with van der Waals surface area (Å²) < 4.78 is 0. The third kappa shape index (κ3) is 4.62. The zero-order valence-corrected chi connectivity index (χ0v) is 9.46. The van der Waals surface area contributed by atoms with Crippen LogP contribution in [0.25, 0.3) is 0 Å². The van der Waals surface area contributed by atoms with Gasteiger partial charge in [0.2, 0.25) is 5.91 Å². The van der Waals surface area contributed by atoms with Crippen LogP contribution in [0.5, 0.6) is 0 Å². The van der Waals surface area contributed by atoms with Gasteiger partial charge in [0.15, 0.2) is 0 Å². The van der Waals surface area contributed by atoms with Crippen LogP contribution in [0.3, 0.4) is 0 Å². The van der Waals surface area contributed by atoms with Gasteiger partial charge in [0.25, 0.3) is 0 Å². The molecule has 1 rings (SSSR count). The number of hydrogen-bond acceptors (Lipinski definition) is 3. The molecule has 3 N–H and O–H groups in total. The lowest BCUT2D eigenvalue weighted by molar-refractivity contribution is -0.125. The maximum atomic E-state index is 11.6. The summed E-state index contributed by atoms with van der Waals surface area (Å²) in [5, 5.41) is 15.5. The molecule has 1 saturated heterocycles. The van der Waals surface area contributed by atoms with Gasteiger partial charge in [0.05, 0.1) is 12.0 Å². The van der Waals surface area contributed by atoms with Crippen molar-refractivity contribution in [3.63, 3.8) is 0 Å². The van der Waals surface area contributed by atoms with E-state index in [0.717, 1.165) is 38.8 Å². The van der Waals surface area contributed by atoms with Gasteiger partial charge in [-0.05, 0) is 25.8 Å². The summed E-state index contributed by atoms with van der Waals surface area (Å²) in [4.78, 5) is 11.6. The molecule has 0 radical (unpaired) electrons. The molecule has 0 bridgehead atoms. The highest BCUT2D eigenvalue weighted by Gasteiger charge is 2.20. The van der Waals surface area contributed by atoms with Crippen molar-refractivity contribution in [2.45, 2.75) is 38.7 Å². The van der Waals surface area contributed by atoms with Crippen LogP contribution in [0.15, 0.2) is 0 Å². The Balaban J connectivity index is 2.16. The summed E-state index contributed by atoms with van der Waals surface area (Å²) in [5.41, 5.74) is 0. The first-order valence-corrected chi connectivity index (χ1v) is 5.90. The number of aliphatic hydroxyl groups is 1. The summed E-state index contributed by atoms with van der Waals surface area (Å²) in [5.74, 6) is 0.171. The third-order valence-electron chi connectivity index (χ3n) is 2.80. The van der Waals surface area contributed by atoms with Gasteiger partial charge < -0.3 is 15.7 Å². The van der Waals surface area contributed by atoms with E-state index in [1.807, 2.05) is 6.92 Å². The molecule has 88 valence electrons. The van der Waals surface area contributed by atoms with Crippen LogP contribution < -0.4 is 10.6 Å². The monoisotopic (exact) mass is 214 g/mol. The summed E-state index contributed by atoms with van der Waals surface area (Å²) in [6.07, 6.45) is 3.33. The molecule has 0 saturated carbocycles. The molecule has 4 heteroatoms. The molecule has 1 fully saturated rings. The molecular weight excluding hydrogens is 192 g/mol. The quantitative estimate of drug-likeness (QED) is 0.615. The van der Waals surface area contributed by atoms with E-state index >= 15 is 0 Å². The molecule has 0 aliphatic carbocycles. The molecule has 0 aromatic rings. The average molecular weight is 214 g/mol. The van der Waals surface area contributed by atoms with E-state index in [1.165, 1.54) is 0 Å². The SMILES string of the molecule is CCCC(O)CNC(=O)[C@H]1CCCNC1. The number of carbonyl (C=O) groups excluding carboxylic acids is 1. The summed E-state index contributed by atoms with van der Waals surface area (Å²) in [7, 11) is 0. The third-order valence-corrected chi connectivity index (χ3v) is 2.80. The number of piperidine rings is 1. The second kappa shape index (κ2) is 6.80. The molecule has 0 aromatic heterocycles. The Labute approximate surface area is 91.4 Å². The smallest absolute Gasteiger partial charge is 0.224 e. The first kappa shape index (κ1) is 12.5. The molecule has 0 aromatic carbocycles. The molecule has 1 aliphatic heterocycles. The molecule has 0 spiro atoms. The molecule has 1 amide bonds. The Hall–Kier alpha value is -0.610. The first-order valence-electron chi connectivity index (χ1n) is 5.90. The predicted octanol–water partition coefficient (Wildman–Crippen LogP) is 0.263. The second-order valence-electron chi connectivity index (χ2n) is 4.23. The zero-order chi connectivity index (χ0) is 11.1. The fourth-order valence-corrected chi connectivity index (χ4v) is 1.87. The highest BCUT2D eigenvalue weighted by molar-refractivity contribution is 5.78. The van der Waals surface area contributed by atoms with Gasteiger partial charge >= 0.3 is 0 Å². The van der Waals surface area contributed by atoms with E-state index in [0.29, 0.717) is 6.54 Å². The number of hydrogen-bond donors (Lipinski definition) is 3. The van der Waals surface area contributed by atoms with Gasteiger partial charge in [-0.1, -0.05) is 13.3 Å². The minimum atomic E-state index is -0.393. The van der Waals surface area contributed by atoms with Gasteiger partial charge in [-0.3, -0.25) is 4.79 Å². The second-order valence-corrected chi connectivity index (χ2v) is 4.23. The van der Waals surface area contributed by atoms with Crippen LogP contribution in [-0.4, -0.2) is 36.8 Å². The van der Waals surface area contributed by atoms with Gasteiger partial charge in [0, 0.05) is 13.1 Å². The number of rotatable bonds is 5. The molecule has 2 atom stereocenters. The van der Waals surface area contributed by atoms with Gasteiger partial charge in [0.1, 0.15) is 0 Å². The Bertz CT molecular complexity index is 191. The Morgan fingerprint density at radius 2 is 2.47 bits per heavy atom. The minimum Gasteiger partial charge on any atom is -0.391 e. The van der Waals surface area contributed by atoms with Gasteiger partial charge in [-0.15, -0.1) is 0 Å². The van der Waals surface area contributed by atoms with Crippen molar-refractivity contribution in [1.82, 2.24) is 10.6 Å². The van der Waals surface area contributed by atoms with E-state index in [2.05, 4.69) is 10.6 Å². The minimum absolute atomic E-state index is 0.0809. The van der Waals surface area contributed by atoms with E-state index in [9.17, 15) is 9.90 Å². The van der Waals surface area contributed by atoms with E-state index in [4.69, 9.17) is 0 Å². The predicted molar refractivity (Wildman–Crippen MR) is 59.5 cm³/mol. The maximum Gasteiger partial charge on any atom is 0.224 e. The molecule has 1 aliphatic rings. The Morgan fingerprint density at radius 3 is 3.07 bits per heavy atom. The Kier molecular flexibility index (Phi) is 5.65. The summed E-state index contributed by atoms with van der Waals surface area (Å²) in [6.45, 7) is 4.21. The molecule has 15 heavy (non-hydrogen) atoms. The number of nitrogens with one attached hydrogen (secondary N) is 2. The largest absolute Gasteiger partial charge is 0.391 e. The van der Waals surface area contributed by atoms with Crippen molar-refractivity contribution in [1.29, 1.82) is 0 Å². The highest BCUT2D eigenvalue weighted by atomic mass is 16.3. The summed E-state index contributed by atoms with van der Waals surface area (Å²) >= 11 is 0. The maximum absolute atomic E-state index is 11.6. The fourth-order valence-electron chi connectivity index (χ4n) is 1.87. The average Bonchev–Trinajstić information content (AvgIpc) is 2.27. The van der Waals surface area contributed by atoms with Crippen molar-refractivity contribution < 1.29 is 9.90 Å². The Morgan fingerprint density at radius 1 is 1.67 bits per heavy atom. The van der Waals surface area contributed by atoms with Crippen LogP contribution >= 0.6 is 0 Å². The highest BCUT2D eigenvalue weighted by Crippen LogP contribution is 2.09. The van der Waals surface area contributed by atoms with Gasteiger partial charge in [-0.25, -0.2) is 0 Å². The van der Waals surface area contributed by atoms with E-state index in [-0.39, 0.29) is 11.8 Å². The lowest BCUT2D eigenvalue weighted by atomic mass is 9.99. The van der Waals surface area contributed by atoms with Crippen molar-refractivity contribution in [3.8, 4) is 0 Å². The van der Waals surface area contributed by atoms with E-state index in [1.54, 1.807) is 0 Å². The van der Waals surface area contributed by atoms with Crippen LogP contribution in [0.1, 0.15) is 32.6 Å². The van der Waals surface area contributed by atoms with E-state index < -0.39 is 6.10 Å². The number of carbonyl (C=O) groups is 1. The number of aliphatic hydroxyl groups excluding tert-OH is 1. The van der Waals surface area contributed by atoms with Crippen molar-refractivity contribution in [3.05, 3.63) is 0 Å². The topological polar surface area (TPSA) is 61.4 Å². The van der Waals surface area contributed by atoms with Crippen LogP contribution in [0.2, 0.25) is 0 Å². The van der Waals surface area contributed by atoms with Crippen LogP contribution in [0.4, 0.5) is 0 Å². The first-order chi connectivity index (χ1) is 7.24. The molecule has 1 heterocycles. The summed E-state index contributed by atoms with van der Waals surface area (Å²) in [6, 6.07) is 0. The van der Waals surface area contributed by atoms with Crippen LogP contribution in [0, 0.1) is 5.92 Å². The zero-order valence-electron chi connectivity index (χ0n) is 9.46. The van der Waals surface area contributed by atoms with Crippen LogP contribution in [-0.2, 0) is 4.79 Å². The van der Waals surface area contributed by atoms with Crippen molar-refractivity contribution in [2.75, 3.05) is 19.6 Å². The standard InChI is InChI=1S/C11H22N2O2/c1-2-4-10(14)8-13-11(15)9-5-3-6-12-7-9/h9-10,12,14H,2-8H2,1H3,(H,13,15)/t9-,10?/m0/s1. The van der Waals surface area contributed by atoms with Crippen molar-refractivity contribution in [2.24, 2.45) is 5.92 Å². The fraction of sp³-hybridized carbons (Fsp3) is 0.909. The molecule has 4 nitrogen and oxygen atoms in total. The normalized spacial score (nSPS) is 23.5. The molecular formula is C11H22N2O2. The lowest BCUT2D eigenvalue weighted by Crippen LogP contribution is -2.42. The number of amides is 1. The molecule has 1 unspecified atom stereocenters. The lowest BCUT2D eigenvalue weighted by Gasteiger charge is -2.22.